The molecular weight excluding hydrogens is 216 g/mol. The van der Waals surface area contributed by atoms with Gasteiger partial charge in [-0.25, -0.2) is 0 Å². The molecule has 1 heterocycles. The molecule has 1 aliphatic heterocycles. The number of likely N-dealkylation sites (tertiary alicyclic amines) is 1. The van der Waals surface area contributed by atoms with Gasteiger partial charge in [0.2, 0.25) is 0 Å². The van der Waals surface area contributed by atoms with Crippen LogP contribution >= 0.6 is 0 Å². The highest BCUT2D eigenvalue weighted by Gasteiger charge is 2.36. The van der Waals surface area contributed by atoms with Crippen LogP contribution in [0, 0.1) is 0 Å². The molecule has 1 aromatic carbocycles. The smallest absolute Gasteiger partial charge is 0.141 e. The van der Waals surface area contributed by atoms with Gasteiger partial charge in [0.05, 0.1) is 24.9 Å². The molecule has 0 radical (unpaired) electrons. The highest BCUT2D eigenvalue weighted by molar-refractivity contribution is 5.58. The summed E-state index contributed by atoms with van der Waals surface area (Å²) in [6, 6.07) is 7.81. The molecule has 1 aliphatic rings. The Morgan fingerprint density at radius 3 is 2.82 bits per heavy atom. The van der Waals surface area contributed by atoms with Crippen molar-refractivity contribution in [1.82, 2.24) is 4.90 Å². The highest BCUT2D eigenvalue weighted by atomic mass is 16.5. The van der Waals surface area contributed by atoms with Crippen molar-refractivity contribution >= 4 is 5.69 Å². The van der Waals surface area contributed by atoms with Gasteiger partial charge in [-0.15, -0.1) is 0 Å². The SMILES string of the molecule is COc1ccccc1NC1(CO)CCN(C)C1. The van der Waals surface area contributed by atoms with E-state index in [2.05, 4.69) is 17.3 Å². The summed E-state index contributed by atoms with van der Waals surface area (Å²) in [5, 5.41) is 13.1. The lowest BCUT2D eigenvalue weighted by Crippen LogP contribution is -2.44. The minimum atomic E-state index is -0.247. The van der Waals surface area contributed by atoms with Crippen LogP contribution in [0.25, 0.3) is 0 Å². The monoisotopic (exact) mass is 236 g/mol. The summed E-state index contributed by atoms with van der Waals surface area (Å²) in [5.74, 6) is 0.815. The normalized spacial score (nSPS) is 24.9. The third-order valence-electron chi connectivity index (χ3n) is 3.35. The van der Waals surface area contributed by atoms with Gasteiger partial charge >= 0.3 is 0 Å². The number of hydrogen-bond donors (Lipinski definition) is 2. The van der Waals surface area contributed by atoms with Crippen molar-refractivity contribution in [3.05, 3.63) is 24.3 Å². The summed E-state index contributed by atoms with van der Waals surface area (Å²) < 4.78 is 5.31. The average Bonchev–Trinajstić information content (AvgIpc) is 2.72. The van der Waals surface area contributed by atoms with Crippen molar-refractivity contribution in [1.29, 1.82) is 0 Å². The topological polar surface area (TPSA) is 44.7 Å². The number of ether oxygens (including phenoxy) is 1. The zero-order chi connectivity index (χ0) is 12.3. The summed E-state index contributed by atoms with van der Waals surface area (Å²) in [4.78, 5) is 2.22. The van der Waals surface area contributed by atoms with Gasteiger partial charge in [0.15, 0.2) is 0 Å². The third-order valence-corrected chi connectivity index (χ3v) is 3.35. The van der Waals surface area contributed by atoms with Crippen molar-refractivity contribution in [3.8, 4) is 5.75 Å². The van der Waals surface area contributed by atoms with Crippen LogP contribution in [0.5, 0.6) is 5.75 Å². The van der Waals surface area contributed by atoms with Gasteiger partial charge < -0.3 is 20.1 Å². The molecule has 0 amide bonds. The Hall–Kier alpha value is -1.26. The van der Waals surface area contributed by atoms with Gasteiger partial charge in [-0.2, -0.15) is 0 Å². The molecule has 0 aromatic heterocycles. The minimum Gasteiger partial charge on any atom is -0.495 e. The van der Waals surface area contributed by atoms with Gasteiger partial charge in [-0.3, -0.25) is 0 Å². The van der Waals surface area contributed by atoms with Crippen molar-refractivity contribution in [2.24, 2.45) is 0 Å². The fraction of sp³-hybridized carbons (Fsp3) is 0.538. The Morgan fingerprint density at radius 2 is 2.24 bits per heavy atom. The summed E-state index contributed by atoms with van der Waals surface area (Å²) in [7, 11) is 3.73. The van der Waals surface area contributed by atoms with Gasteiger partial charge in [-0.1, -0.05) is 12.1 Å². The fourth-order valence-corrected chi connectivity index (χ4v) is 2.38. The first kappa shape index (κ1) is 12.2. The number of rotatable bonds is 4. The molecule has 17 heavy (non-hydrogen) atoms. The van der Waals surface area contributed by atoms with E-state index >= 15 is 0 Å². The average molecular weight is 236 g/mol. The Morgan fingerprint density at radius 1 is 1.47 bits per heavy atom. The Kier molecular flexibility index (Phi) is 3.54. The van der Waals surface area contributed by atoms with E-state index in [0.717, 1.165) is 30.9 Å². The molecular formula is C13H20N2O2. The largest absolute Gasteiger partial charge is 0.495 e. The Labute approximate surface area is 102 Å². The highest BCUT2D eigenvalue weighted by Crippen LogP contribution is 2.30. The van der Waals surface area contributed by atoms with E-state index in [0.29, 0.717) is 0 Å². The summed E-state index contributed by atoms with van der Waals surface area (Å²) >= 11 is 0. The number of anilines is 1. The van der Waals surface area contributed by atoms with Crippen molar-refractivity contribution in [2.75, 3.05) is 39.2 Å². The van der Waals surface area contributed by atoms with Crippen LogP contribution in [0.4, 0.5) is 5.69 Å². The number of nitrogens with zero attached hydrogens (tertiary/aromatic N) is 1. The van der Waals surface area contributed by atoms with Crippen LogP contribution < -0.4 is 10.1 Å². The van der Waals surface area contributed by atoms with E-state index in [4.69, 9.17) is 4.74 Å². The molecule has 1 atom stereocenters. The first-order valence-corrected chi connectivity index (χ1v) is 5.90. The zero-order valence-corrected chi connectivity index (χ0v) is 10.4. The summed E-state index contributed by atoms with van der Waals surface area (Å²) in [6.07, 6.45) is 0.943. The molecule has 1 unspecified atom stereocenters. The van der Waals surface area contributed by atoms with Crippen molar-refractivity contribution in [3.63, 3.8) is 0 Å². The zero-order valence-electron chi connectivity index (χ0n) is 10.4. The van der Waals surface area contributed by atoms with E-state index in [1.54, 1.807) is 7.11 Å². The number of hydrogen-bond acceptors (Lipinski definition) is 4. The molecule has 94 valence electrons. The van der Waals surface area contributed by atoms with Crippen LogP contribution in [0.3, 0.4) is 0 Å². The number of methoxy groups -OCH3 is 1. The fourth-order valence-electron chi connectivity index (χ4n) is 2.38. The van der Waals surface area contributed by atoms with E-state index in [1.807, 2.05) is 24.3 Å². The lowest BCUT2D eigenvalue weighted by molar-refractivity contribution is 0.212. The first-order chi connectivity index (χ1) is 8.19. The quantitative estimate of drug-likeness (QED) is 0.824. The molecule has 1 aromatic rings. The number of benzene rings is 1. The van der Waals surface area contributed by atoms with Crippen molar-refractivity contribution in [2.45, 2.75) is 12.0 Å². The van der Waals surface area contributed by atoms with E-state index in [9.17, 15) is 5.11 Å². The number of aliphatic hydroxyl groups excluding tert-OH is 1. The number of likely N-dealkylation sites (N-methyl/N-ethyl adjacent to an activating group) is 1. The molecule has 0 spiro atoms. The standard InChI is InChI=1S/C13H20N2O2/c1-15-8-7-13(9-15,10-16)14-11-5-3-4-6-12(11)17-2/h3-6,14,16H,7-10H2,1-2H3. The lowest BCUT2D eigenvalue weighted by Gasteiger charge is -2.30. The van der Waals surface area contributed by atoms with E-state index < -0.39 is 0 Å². The van der Waals surface area contributed by atoms with Crippen LogP contribution in [0.15, 0.2) is 24.3 Å². The van der Waals surface area contributed by atoms with Gasteiger partial charge in [-0.05, 0) is 25.6 Å². The molecule has 1 saturated heterocycles. The van der Waals surface area contributed by atoms with Crippen LogP contribution in [-0.4, -0.2) is 49.4 Å². The second-order valence-electron chi connectivity index (χ2n) is 4.75. The lowest BCUT2D eigenvalue weighted by atomic mass is 9.99. The maximum absolute atomic E-state index is 9.63. The summed E-state index contributed by atoms with van der Waals surface area (Å²) in [6.45, 7) is 1.99. The first-order valence-electron chi connectivity index (χ1n) is 5.90. The van der Waals surface area contributed by atoms with E-state index in [1.165, 1.54) is 0 Å². The molecule has 0 bridgehead atoms. The van der Waals surface area contributed by atoms with Gasteiger partial charge in [0.25, 0.3) is 0 Å². The van der Waals surface area contributed by atoms with Gasteiger partial charge in [0.1, 0.15) is 5.75 Å². The molecule has 1 fully saturated rings. The molecule has 4 heteroatoms. The second-order valence-corrected chi connectivity index (χ2v) is 4.75. The predicted octanol–water partition coefficient (Wildman–Crippen LogP) is 1.17. The van der Waals surface area contributed by atoms with Crippen LogP contribution in [-0.2, 0) is 0 Å². The number of aliphatic hydroxyl groups is 1. The van der Waals surface area contributed by atoms with Crippen molar-refractivity contribution < 1.29 is 9.84 Å². The molecule has 2 rings (SSSR count). The maximum Gasteiger partial charge on any atom is 0.141 e. The molecule has 2 N–H and O–H groups in total. The third kappa shape index (κ3) is 2.53. The van der Waals surface area contributed by atoms with Gasteiger partial charge in [0, 0.05) is 13.1 Å². The molecule has 4 nitrogen and oxygen atoms in total. The maximum atomic E-state index is 9.63. The van der Waals surface area contributed by atoms with Crippen LogP contribution in [0.2, 0.25) is 0 Å². The minimum absolute atomic E-state index is 0.134. The Balaban J connectivity index is 2.18. The van der Waals surface area contributed by atoms with E-state index in [-0.39, 0.29) is 12.1 Å². The Bertz CT molecular complexity index is 383. The second kappa shape index (κ2) is 4.94. The molecule has 0 aliphatic carbocycles. The summed E-state index contributed by atoms with van der Waals surface area (Å²) in [5.41, 5.74) is 0.697. The number of nitrogens with one attached hydrogen (secondary N) is 1. The van der Waals surface area contributed by atoms with Crippen LogP contribution in [0.1, 0.15) is 6.42 Å². The predicted molar refractivity (Wildman–Crippen MR) is 68.5 cm³/mol. The number of para-hydroxylation sites is 2. The molecule has 0 saturated carbocycles.